The smallest absolute Gasteiger partial charge is 0.337 e. The van der Waals surface area contributed by atoms with Crippen molar-refractivity contribution in [2.45, 2.75) is 45.1 Å². The van der Waals surface area contributed by atoms with Gasteiger partial charge in [-0.25, -0.2) is 9.78 Å². The van der Waals surface area contributed by atoms with E-state index in [1.54, 1.807) is 18.2 Å². The maximum absolute atomic E-state index is 12.8. The van der Waals surface area contributed by atoms with Gasteiger partial charge < -0.3 is 18.9 Å². The van der Waals surface area contributed by atoms with Crippen molar-refractivity contribution in [2.75, 3.05) is 20.8 Å². The van der Waals surface area contributed by atoms with E-state index in [2.05, 4.69) is 30.3 Å². The van der Waals surface area contributed by atoms with Crippen LogP contribution in [0.3, 0.4) is 0 Å². The van der Waals surface area contributed by atoms with Crippen LogP contribution in [0.2, 0.25) is 0 Å². The Morgan fingerprint density at radius 3 is 2.12 bits per heavy atom. The summed E-state index contributed by atoms with van der Waals surface area (Å²) >= 11 is 0. The minimum Gasteiger partial charge on any atom is -0.489 e. The normalized spacial score (nSPS) is 11.4. The van der Waals surface area contributed by atoms with E-state index in [9.17, 15) is 9.59 Å². The Kier molecular flexibility index (Phi) is 13.0. The molecular weight excluding hydrogens is 614 g/mol. The topological polar surface area (TPSA) is 84.0 Å². The Morgan fingerprint density at radius 1 is 0.653 bits per heavy atom. The number of pyridine rings is 1. The SMILES string of the molecule is COC(=O)c1cccc(COc2ccccc2CC(CCCCCCOc2cc(-c3ccccc3)cc(-c3ccccc3)n2)C(=O)OC)c1. The number of carbonyl (C=O) groups is 2. The number of rotatable bonds is 17. The van der Waals surface area contributed by atoms with Gasteiger partial charge in [0.1, 0.15) is 12.4 Å². The molecule has 7 heteroatoms. The quantitative estimate of drug-likeness (QED) is 0.0728. The third kappa shape index (κ3) is 10.3. The number of benzene rings is 4. The molecule has 0 saturated carbocycles. The molecule has 0 fully saturated rings. The van der Waals surface area contributed by atoms with Gasteiger partial charge in [-0.3, -0.25) is 4.79 Å². The van der Waals surface area contributed by atoms with E-state index in [1.807, 2.05) is 72.8 Å². The van der Waals surface area contributed by atoms with Gasteiger partial charge in [-0.2, -0.15) is 0 Å². The average molecular weight is 658 g/mol. The summed E-state index contributed by atoms with van der Waals surface area (Å²) in [6.07, 6.45) is 4.95. The first-order valence-electron chi connectivity index (χ1n) is 16.8. The zero-order valence-electron chi connectivity index (χ0n) is 28.2. The Labute approximate surface area is 288 Å². The number of esters is 2. The van der Waals surface area contributed by atoms with Crippen molar-refractivity contribution < 1.29 is 28.5 Å². The molecule has 7 nitrogen and oxygen atoms in total. The molecule has 49 heavy (non-hydrogen) atoms. The Morgan fingerprint density at radius 2 is 1.37 bits per heavy atom. The molecule has 5 aromatic rings. The van der Waals surface area contributed by atoms with E-state index >= 15 is 0 Å². The molecule has 0 bridgehead atoms. The summed E-state index contributed by atoms with van der Waals surface area (Å²) in [4.78, 5) is 29.5. The molecule has 0 spiro atoms. The van der Waals surface area contributed by atoms with Crippen LogP contribution in [0.25, 0.3) is 22.4 Å². The number of carbonyl (C=O) groups excluding carboxylic acids is 2. The van der Waals surface area contributed by atoms with Gasteiger partial charge in [-0.05, 0) is 65.8 Å². The van der Waals surface area contributed by atoms with Crippen molar-refractivity contribution in [3.63, 3.8) is 0 Å². The molecule has 1 unspecified atom stereocenters. The van der Waals surface area contributed by atoms with Crippen molar-refractivity contribution in [2.24, 2.45) is 5.92 Å². The van der Waals surface area contributed by atoms with Gasteiger partial charge in [0, 0.05) is 11.6 Å². The molecule has 252 valence electrons. The molecular formula is C42H43NO6. The largest absolute Gasteiger partial charge is 0.489 e. The Hall–Kier alpha value is -5.43. The van der Waals surface area contributed by atoms with E-state index in [1.165, 1.54) is 14.2 Å². The average Bonchev–Trinajstić information content (AvgIpc) is 3.16. The lowest BCUT2D eigenvalue weighted by Crippen LogP contribution is -2.19. The zero-order chi connectivity index (χ0) is 34.3. The Bertz CT molecular complexity index is 1730. The third-order valence-corrected chi connectivity index (χ3v) is 8.39. The van der Waals surface area contributed by atoms with Crippen LogP contribution in [0.4, 0.5) is 0 Å². The van der Waals surface area contributed by atoms with Crippen LogP contribution in [-0.2, 0) is 27.3 Å². The van der Waals surface area contributed by atoms with Crippen LogP contribution in [0.1, 0.15) is 53.6 Å². The predicted octanol–water partition coefficient (Wildman–Crippen LogP) is 9.14. The first-order chi connectivity index (χ1) is 24.0. The number of para-hydroxylation sites is 1. The molecule has 5 rings (SSSR count). The summed E-state index contributed by atoms with van der Waals surface area (Å²) in [7, 11) is 2.80. The first kappa shape index (κ1) is 34.9. The lowest BCUT2D eigenvalue weighted by Gasteiger charge is -2.17. The Balaban J connectivity index is 1.12. The van der Waals surface area contributed by atoms with Crippen LogP contribution < -0.4 is 9.47 Å². The predicted molar refractivity (Wildman–Crippen MR) is 191 cm³/mol. The lowest BCUT2D eigenvalue weighted by molar-refractivity contribution is -0.145. The highest BCUT2D eigenvalue weighted by atomic mass is 16.5. The molecule has 1 aromatic heterocycles. The van der Waals surface area contributed by atoms with Crippen LogP contribution in [-0.4, -0.2) is 37.7 Å². The number of nitrogens with zero attached hydrogens (tertiary/aromatic N) is 1. The number of unbranched alkanes of at least 4 members (excludes halogenated alkanes) is 3. The fourth-order valence-corrected chi connectivity index (χ4v) is 5.77. The van der Waals surface area contributed by atoms with Gasteiger partial charge in [-0.15, -0.1) is 0 Å². The summed E-state index contributed by atoms with van der Waals surface area (Å²) in [5, 5.41) is 0. The zero-order valence-corrected chi connectivity index (χ0v) is 28.2. The highest BCUT2D eigenvalue weighted by Crippen LogP contribution is 2.29. The molecule has 0 saturated heterocycles. The van der Waals surface area contributed by atoms with Gasteiger partial charge in [0.05, 0.1) is 38.0 Å². The molecule has 0 aliphatic heterocycles. The number of hydrogen-bond acceptors (Lipinski definition) is 7. The van der Waals surface area contributed by atoms with Crippen LogP contribution in [0.5, 0.6) is 11.6 Å². The minimum absolute atomic E-state index is 0.220. The van der Waals surface area contributed by atoms with Crippen molar-refractivity contribution in [3.8, 4) is 34.0 Å². The van der Waals surface area contributed by atoms with E-state index < -0.39 is 5.97 Å². The van der Waals surface area contributed by atoms with E-state index in [-0.39, 0.29) is 18.5 Å². The fourth-order valence-electron chi connectivity index (χ4n) is 5.77. The summed E-state index contributed by atoms with van der Waals surface area (Å²) < 4.78 is 22.3. The second-order valence-corrected chi connectivity index (χ2v) is 11.9. The second-order valence-electron chi connectivity index (χ2n) is 11.9. The molecule has 1 atom stereocenters. The lowest BCUT2D eigenvalue weighted by atomic mass is 9.93. The van der Waals surface area contributed by atoms with E-state index in [4.69, 9.17) is 23.9 Å². The summed E-state index contributed by atoms with van der Waals surface area (Å²) in [6, 6.07) is 39.4. The number of hydrogen-bond donors (Lipinski definition) is 0. The van der Waals surface area contributed by atoms with Gasteiger partial charge in [0.2, 0.25) is 5.88 Å². The van der Waals surface area contributed by atoms with E-state index in [0.717, 1.165) is 59.2 Å². The molecule has 4 aromatic carbocycles. The van der Waals surface area contributed by atoms with Crippen molar-refractivity contribution in [1.29, 1.82) is 0 Å². The first-order valence-corrected chi connectivity index (χ1v) is 16.8. The fraction of sp³-hybridized carbons (Fsp3) is 0.262. The summed E-state index contributed by atoms with van der Waals surface area (Å²) in [5.74, 6) is 0.427. The number of ether oxygens (including phenoxy) is 4. The molecule has 1 heterocycles. The van der Waals surface area contributed by atoms with Crippen molar-refractivity contribution in [3.05, 3.63) is 138 Å². The maximum atomic E-state index is 12.8. The van der Waals surface area contributed by atoms with Gasteiger partial charge in [0.15, 0.2) is 0 Å². The molecule has 0 radical (unpaired) electrons. The van der Waals surface area contributed by atoms with Crippen LogP contribution in [0.15, 0.2) is 121 Å². The van der Waals surface area contributed by atoms with Gasteiger partial charge >= 0.3 is 11.9 Å². The summed E-state index contributed by atoms with van der Waals surface area (Å²) in [6.45, 7) is 0.847. The van der Waals surface area contributed by atoms with Crippen molar-refractivity contribution in [1.82, 2.24) is 4.98 Å². The molecule has 0 aliphatic rings. The van der Waals surface area contributed by atoms with Gasteiger partial charge in [0.25, 0.3) is 0 Å². The maximum Gasteiger partial charge on any atom is 0.337 e. The minimum atomic E-state index is -0.390. The van der Waals surface area contributed by atoms with Crippen molar-refractivity contribution >= 4 is 11.9 Å². The third-order valence-electron chi connectivity index (χ3n) is 8.39. The molecule has 0 N–H and O–H groups in total. The standard InChI is InChI=1S/C42H43NO6/c1-46-41(44)35-23-15-16-31(26-35)30-49-39-24-13-12-21-34(39)27-36(42(45)47-2)22-7-3-4-14-25-48-40-29-37(32-17-8-5-9-18-32)28-38(43-40)33-19-10-6-11-20-33/h5-6,8-13,15-21,23-24,26,28-29,36H,3-4,7,14,22,25,27,30H2,1-2H3. The monoisotopic (exact) mass is 657 g/mol. The second kappa shape index (κ2) is 18.2. The van der Waals surface area contributed by atoms with Crippen LogP contribution >= 0.6 is 0 Å². The summed E-state index contributed by atoms with van der Waals surface area (Å²) in [5.41, 5.74) is 6.37. The van der Waals surface area contributed by atoms with Gasteiger partial charge in [-0.1, -0.05) is 110 Å². The molecule has 0 amide bonds. The van der Waals surface area contributed by atoms with Crippen LogP contribution in [0, 0.1) is 5.92 Å². The highest BCUT2D eigenvalue weighted by molar-refractivity contribution is 5.89. The highest BCUT2D eigenvalue weighted by Gasteiger charge is 2.21. The van der Waals surface area contributed by atoms with E-state index in [0.29, 0.717) is 36.6 Å². The molecule has 0 aliphatic carbocycles. The number of methoxy groups -OCH3 is 2. The number of aromatic nitrogens is 1.